The van der Waals surface area contributed by atoms with E-state index in [0.717, 1.165) is 19.3 Å². The lowest BCUT2D eigenvalue weighted by Crippen LogP contribution is -2.42. The number of amides is 2. The molecule has 0 aliphatic heterocycles. The van der Waals surface area contributed by atoms with Gasteiger partial charge in [-0.2, -0.15) is 0 Å². The summed E-state index contributed by atoms with van der Waals surface area (Å²) >= 11 is 0. The molecule has 0 saturated heterocycles. The normalized spacial score (nSPS) is 15.8. The molecule has 0 atom stereocenters. The molecule has 2 amide bonds. The number of anilines is 1. The summed E-state index contributed by atoms with van der Waals surface area (Å²) in [6, 6.07) is 5.82. The Labute approximate surface area is 106 Å². The Morgan fingerprint density at radius 1 is 1.28 bits per heavy atom. The van der Waals surface area contributed by atoms with Crippen LogP contribution in [0.1, 0.15) is 19.3 Å². The molecule has 0 heterocycles. The van der Waals surface area contributed by atoms with Crippen molar-refractivity contribution in [3.05, 3.63) is 24.3 Å². The minimum absolute atomic E-state index is 0.0891. The molecule has 7 heteroatoms. The van der Waals surface area contributed by atoms with Crippen molar-refractivity contribution in [1.82, 2.24) is 5.32 Å². The minimum atomic E-state index is -3.84. The molecule has 18 heavy (non-hydrogen) atoms. The summed E-state index contributed by atoms with van der Waals surface area (Å²) in [5.41, 5.74) is 0.192. The molecule has 4 N–H and O–H groups in total. The zero-order valence-electron chi connectivity index (χ0n) is 9.72. The average Bonchev–Trinajstić information content (AvgIpc) is 2.23. The van der Waals surface area contributed by atoms with E-state index in [2.05, 4.69) is 10.6 Å². The largest absolute Gasteiger partial charge is 0.335 e. The molecule has 1 aromatic carbocycles. The molecule has 0 spiro atoms. The quantitative estimate of drug-likeness (QED) is 0.763. The van der Waals surface area contributed by atoms with Crippen molar-refractivity contribution in [3.63, 3.8) is 0 Å². The van der Waals surface area contributed by atoms with Crippen molar-refractivity contribution in [2.75, 3.05) is 5.32 Å². The maximum atomic E-state index is 11.6. The first-order valence-electron chi connectivity index (χ1n) is 5.66. The van der Waals surface area contributed by atoms with Crippen molar-refractivity contribution >= 4 is 21.7 Å². The first-order valence-corrected chi connectivity index (χ1v) is 7.21. The van der Waals surface area contributed by atoms with Crippen LogP contribution in [0.4, 0.5) is 10.5 Å². The second kappa shape index (κ2) is 4.95. The number of carbonyl (C=O) groups is 1. The van der Waals surface area contributed by atoms with Crippen LogP contribution in [0.15, 0.2) is 29.2 Å². The number of para-hydroxylation sites is 1. The number of carbonyl (C=O) groups excluding carboxylic acids is 1. The van der Waals surface area contributed by atoms with Crippen molar-refractivity contribution in [3.8, 4) is 0 Å². The second-order valence-corrected chi connectivity index (χ2v) is 5.80. The number of sulfonamides is 1. The molecular weight excluding hydrogens is 254 g/mol. The fraction of sp³-hybridized carbons (Fsp3) is 0.364. The number of hydrogen-bond acceptors (Lipinski definition) is 3. The molecule has 0 unspecified atom stereocenters. The fourth-order valence-corrected chi connectivity index (χ4v) is 2.41. The zero-order valence-corrected chi connectivity index (χ0v) is 10.5. The van der Waals surface area contributed by atoms with Crippen molar-refractivity contribution < 1.29 is 13.2 Å². The van der Waals surface area contributed by atoms with E-state index in [9.17, 15) is 13.2 Å². The summed E-state index contributed by atoms with van der Waals surface area (Å²) < 4.78 is 22.7. The number of rotatable bonds is 3. The van der Waals surface area contributed by atoms with E-state index in [-0.39, 0.29) is 16.6 Å². The Morgan fingerprint density at radius 3 is 2.50 bits per heavy atom. The molecule has 1 saturated carbocycles. The van der Waals surface area contributed by atoms with Gasteiger partial charge >= 0.3 is 6.03 Å². The Bertz CT molecular complexity index is 552. The number of benzene rings is 1. The van der Waals surface area contributed by atoms with Crippen LogP contribution < -0.4 is 15.8 Å². The lowest BCUT2D eigenvalue weighted by molar-refractivity contribution is 0.240. The summed E-state index contributed by atoms with van der Waals surface area (Å²) in [5, 5.41) is 10.3. The number of primary sulfonamides is 1. The van der Waals surface area contributed by atoms with Crippen LogP contribution >= 0.6 is 0 Å². The number of nitrogens with two attached hydrogens (primary N) is 1. The molecule has 1 fully saturated rings. The average molecular weight is 269 g/mol. The Balaban J connectivity index is 2.11. The molecule has 0 radical (unpaired) electrons. The Hall–Kier alpha value is -1.60. The van der Waals surface area contributed by atoms with E-state index in [0.29, 0.717) is 0 Å². The second-order valence-electron chi connectivity index (χ2n) is 4.27. The van der Waals surface area contributed by atoms with E-state index in [1.807, 2.05) is 0 Å². The molecular formula is C11H15N3O3S. The van der Waals surface area contributed by atoms with Gasteiger partial charge in [-0.05, 0) is 31.4 Å². The highest BCUT2D eigenvalue weighted by Crippen LogP contribution is 2.20. The summed E-state index contributed by atoms with van der Waals surface area (Å²) in [7, 11) is -3.84. The third kappa shape index (κ3) is 2.99. The van der Waals surface area contributed by atoms with Gasteiger partial charge in [-0.3, -0.25) is 0 Å². The van der Waals surface area contributed by atoms with Gasteiger partial charge in [0.2, 0.25) is 10.0 Å². The molecule has 1 aliphatic rings. The molecule has 98 valence electrons. The van der Waals surface area contributed by atoms with Crippen molar-refractivity contribution in [2.24, 2.45) is 5.14 Å². The first kappa shape index (κ1) is 12.8. The van der Waals surface area contributed by atoms with Crippen LogP contribution in [0, 0.1) is 0 Å². The van der Waals surface area contributed by atoms with Crippen LogP contribution in [-0.2, 0) is 10.0 Å². The maximum Gasteiger partial charge on any atom is 0.319 e. The van der Waals surface area contributed by atoms with Gasteiger partial charge in [0, 0.05) is 6.04 Å². The number of urea groups is 1. The SMILES string of the molecule is NS(=O)(=O)c1ccccc1NC(=O)NC1CCC1. The molecule has 2 rings (SSSR count). The number of hydrogen-bond donors (Lipinski definition) is 3. The van der Waals surface area contributed by atoms with Crippen LogP contribution in [0.5, 0.6) is 0 Å². The Kier molecular flexibility index (Phi) is 3.53. The van der Waals surface area contributed by atoms with E-state index >= 15 is 0 Å². The van der Waals surface area contributed by atoms with Crippen LogP contribution in [0.3, 0.4) is 0 Å². The van der Waals surface area contributed by atoms with E-state index in [4.69, 9.17) is 5.14 Å². The van der Waals surface area contributed by atoms with Crippen molar-refractivity contribution in [2.45, 2.75) is 30.2 Å². The topological polar surface area (TPSA) is 101 Å². The van der Waals surface area contributed by atoms with E-state index in [1.54, 1.807) is 12.1 Å². The predicted octanol–water partition coefficient (Wildman–Crippen LogP) is 1.01. The lowest BCUT2D eigenvalue weighted by Gasteiger charge is -2.26. The van der Waals surface area contributed by atoms with Gasteiger partial charge in [-0.1, -0.05) is 12.1 Å². The third-order valence-corrected chi connectivity index (χ3v) is 3.85. The summed E-state index contributed by atoms with van der Waals surface area (Å²) in [6.07, 6.45) is 3.03. The summed E-state index contributed by atoms with van der Waals surface area (Å²) in [4.78, 5) is 11.5. The van der Waals surface area contributed by atoms with Gasteiger partial charge in [-0.25, -0.2) is 18.4 Å². The highest BCUT2D eigenvalue weighted by atomic mass is 32.2. The molecule has 1 aliphatic carbocycles. The van der Waals surface area contributed by atoms with Crippen LogP contribution in [0.25, 0.3) is 0 Å². The van der Waals surface area contributed by atoms with Crippen LogP contribution in [-0.4, -0.2) is 20.5 Å². The molecule has 6 nitrogen and oxygen atoms in total. The molecule has 1 aromatic rings. The van der Waals surface area contributed by atoms with Gasteiger partial charge in [0.25, 0.3) is 0 Å². The van der Waals surface area contributed by atoms with Gasteiger partial charge in [-0.15, -0.1) is 0 Å². The smallest absolute Gasteiger partial charge is 0.319 e. The molecule has 0 aromatic heterocycles. The van der Waals surface area contributed by atoms with E-state index in [1.165, 1.54) is 12.1 Å². The zero-order chi connectivity index (χ0) is 13.2. The highest BCUT2D eigenvalue weighted by Gasteiger charge is 2.20. The van der Waals surface area contributed by atoms with Gasteiger partial charge in [0.05, 0.1) is 5.69 Å². The van der Waals surface area contributed by atoms with Gasteiger partial charge in [0.1, 0.15) is 4.90 Å². The maximum absolute atomic E-state index is 11.6. The van der Waals surface area contributed by atoms with Crippen LogP contribution in [0.2, 0.25) is 0 Å². The summed E-state index contributed by atoms with van der Waals surface area (Å²) in [6.45, 7) is 0. The third-order valence-electron chi connectivity index (χ3n) is 2.88. The summed E-state index contributed by atoms with van der Waals surface area (Å²) in [5.74, 6) is 0. The fourth-order valence-electron chi connectivity index (χ4n) is 1.71. The van der Waals surface area contributed by atoms with E-state index < -0.39 is 16.1 Å². The van der Waals surface area contributed by atoms with Gasteiger partial charge in [0.15, 0.2) is 0 Å². The number of nitrogens with one attached hydrogen (secondary N) is 2. The lowest BCUT2D eigenvalue weighted by atomic mass is 9.93. The highest BCUT2D eigenvalue weighted by molar-refractivity contribution is 7.89. The monoisotopic (exact) mass is 269 g/mol. The van der Waals surface area contributed by atoms with Crippen molar-refractivity contribution in [1.29, 1.82) is 0 Å². The Morgan fingerprint density at radius 2 is 1.94 bits per heavy atom. The first-order chi connectivity index (χ1) is 8.47. The van der Waals surface area contributed by atoms with Gasteiger partial charge < -0.3 is 10.6 Å². The standard InChI is InChI=1S/C11H15N3O3S/c12-18(16,17)10-7-2-1-6-9(10)14-11(15)13-8-4-3-5-8/h1-2,6-8H,3-5H2,(H2,12,16,17)(H2,13,14,15). The molecule has 0 bridgehead atoms. The minimum Gasteiger partial charge on any atom is -0.335 e. The predicted molar refractivity (Wildman–Crippen MR) is 67.6 cm³/mol.